The van der Waals surface area contributed by atoms with Crippen LogP contribution in [0.15, 0.2) is 0 Å². The van der Waals surface area contributed by atoms with Gasteiger partial charge in [-0.2, -0.15) is 0 Å². The van der Waals surface area contributed by atoms with Crippen LogP contribution in [0.25, 0.3) is 0 Å². The van der Waals surface area contributed by atoms with Gasteiger partial charge in [-0.3, -0.25) is 4.90 Å². The van der Waals surface area contributed by atoms with E-state index in [2.05, 4.69) is 0 Å². The van der Waals surface area contributed by atoms with E-state index >= 15 is 0 Å². The van der Waals surface area contributed by atoms with Crippen LogP contribution in [-0.2, 0) is 0 Å². The Balaban J connectivity index is 3.07. The summed E-state index contributed by atoms with van der Waals surface area (Å²) in [4.78, 5) is 1.57. The number of nitrogens with zero attached hydrogens (tertiary/aromatic N) is 1. The van der Waals surface area contributed by atoms with E-state index in [0.29, 0.717) is 0 Å². The van der Waals surface area contributed by atoms with Crippen LogP contribution in [0, 0.1) is 0 Å². The SMILES string of the molecule is NCCCCCN(CO)CO. The average Bonchev–Trinajstić information content (AvgIpc) is 2.05. The molecule has 11 heavy (non-hydrogen) atoms. The average molecular weight is 162 g/mol. The van der Waals surface area contributed by atoms with Crippen molar-refractivity contribution >= 4 is 0 Å². The molecule has 0 unspecified atom stereocenters. The van der Waals surface area contributed by atoms with Crippen molar-refractivity contribution in [1.82, 2.24) is 4.90 Å². The van der Waals surface area contributed by atoms with E-state index in [1.807, 2.05) is 0 Å². The zero-order chi connectivity index (χ0) is 8.53. The molecule has 4 heteroatoms. The minimum absolute atomic E-state index is 0.0703. The lowest BCUT2D eigenvalue weighted by Crippen LogP contribution is -2.26. The third kappa shape index (κ3) is 6.25. The lowest BCUT2D eigenvalue weighted by atomic mass is 10.2. The lowest BCUT2D eigenvalue weighted by Gasteiger charge is -2.15. The van der Waals surface area contributed by atoms with E-state index in [1.54, 1.807) is 4.90 Å². The van der Waals surface area contributed by atoms with Gasteiger partial charge < -0.3 is 15.9 Å². The normalized spacial score (nSPS) is 10.9. The standard InChI is InChI=1S/C7H18N2O2/c8-4-2-1-3-5-9(6-10)7-11/h10-11H,1-8H2. The van der Waals surface area contributed by atoms with Crippen molar-refractivity contribution in [2.24, 2.45) is 5.73 Å². The first-order chi connectivity index (χ1) is 5.35. The van der Waals surface area contributed by atoms with Crippen LogP contribution in [0.2, 0.25) is 0 Å². The molecule has 0 aromatic rings. The van der Waals surface area contributed by atoms with Crippen LogP contribution < -0.4 is 5.73 Å². The molecule has 0 rings (SSSR count). The van der Waals surface area contributed by atoms with Crippen LogP contribution in [0.3, 0.4) is 0 Å². The fourth-order valence-corrected chi connectivity index (χ4v) is 0.843. The molecule has 0 amide bonds. The molecule has 0 aliphatic rings. The molecule has 0 radical (unpaired) electrons. The molecule has 0 atom stereocenters. The van der Waals surface area contributed by atoms with Gasteiger partial charge in [-0.05, 0) is 19.4 Å². The quantitative estimate of drug-likeness (QED) is 0.342. The van der Waals surface area contributed by atoms with Gasteiger partial charge in [-0.25, -0.2) is 0 Å². The summed E-state index contributed by atoms with van der Waals surface area (Å²) in [7, 11) is 0. The summed E-state index contributed by atoms with van der Waals surface area (Å²) in [6.45, 7) is 1.32. The Morgan fingerprint density at radius 2 is 1.64 bits per heavy atom. The highest BCUT2D eigenvalue weighted by atomic mass is 16.3. The number of nitrogens with two attached hydrogens (primary N) is 1. The zero-order valence-corrected chi connectivity index (χ0v) is 6.87. The lowest BCUT2D eigenvalue weighted by molar-refractivity contribution is 0.0285. The molecule has 0 spiro atoms. The van der Waals surface area contributed by atoms with Crippen LogP contribution in [0.5, 0.6) is 0 Å². The van der Waals surface area contributed by atoms with Gasteiger partial charge in [-0.15, -0.1) is 0 Å². The summed E-state index contributed by atoms with van der Waals surface area (Å²) >= 11 is 0. The highest BCUT2D eigenvalue weighted by Gasteiger charge is 1.98. The monoisotopic (exact) mass is 162 g/mol. The molecule has 0 aromatic carbocycles. The van der Waals surface area contributed by atoms with Gasteiger partial charge in [0.15, 0.2) is 0 Å². The van der Waals surface area contributed by atoms with Gasteiger partial charge in [0.1, 0.15) is 0 Å². The summed E-state index contributed by atoms with van der Waals surface area (Å²) < 4.78 is 0. The Bertz CT molecular complexity index is 76.8. The van der Waals surface area contributed by atoms with Crippen molar-refractivity contribution in [1.29, 1.82) is 0 Å². The van der Waals surface area contributed by atoms with E-state index in [1.165, 1.54) is 0 Å². The number of aliphatic hydroxyl groups excluding tert-OH is 2. The molecule has 0 bridgehead atoms. The summed E-state index contributed by atoms with van der Waals surface area (Å²) in [5, 5.41) is 17.2. The molecule has 68 valence electrons. The third-order valence-electron chi connectivity index (χ3n) is 1.58. The van der Waals surface area contributed by atoms with E-state index in [4.69, 9.17) is 15.9 Å². The first kappa shape index (κ1) is 10.8. The zero-order valence-electron chi connectivity index (χ0n) is 6.87. The number of rotatable bonds is 7. The predicted octanol–water partition coefficient (Wildman–Crippen LogP) is -0.683. The first-order valence-electron chi connectivity index (χ1n) is 3.99. The fraction of sp³-hybridized carbons (Fsp3) is 1.00. The van der Waals surface area contributed by atoms with Gasteiger partial charge in [0, 0.05) is 6.54 Å². The molecular formula is C7H18N2O2. The van der Waals surface area contributed by atoms with E-state index in [9.17, 15) is 0 Å². The van der Waals surface area contributed by atoms with E-state index < -0.39 is 0 Å². The van der Waals surface area contributed by atoms with Crippen molar-refractivity contribution in [2.75, 3.05) is 26.6 Å². The van der Waals surface area contributed by atoms with Crippen LogP contribution in [0.4, 0.5) is 0 Å². The Labute approximate surface area is 67.6 Å². The van der Waals surface area contributed by atoms with E-state index in [0.717, 1.165) is 32.4 Å². The predicted molar refractivity (Wildman–Crippen MR) is 43.8 cm³/mol. The molecule has 4 N–H and O–H groups in total. The smallest absolute Gasteiger partial charge is 0.0974 e. The first-order valence-corrected chi connectivity index (χ1v) is 3.99. The topological polar surface area (TPSA) is 69.7 Å². The third-order valence-corrected chi connectivity index (χ3v) is 1.58. The second-order valence-electron chi connectivity index (χ2n) is 2.53. The number of hydrogen-bond acceptors (Lipinski definition) is 4. The molecule has 4 nitrogen and oxygen atoms in total. The summed E-state index contributed by atoms with van der Waals surface area (Å²) in [6, 6.07) is 0. The minimum Gasteiger partial charge on any atom is -0.381 e. The molecule has 0 fully saturated rings. The molecule has 0 saturated heterocycles. The van der Waals surface area contributed by atoms with Crippen LogP contribution in [0.1, 0.15) is 19.3 Å². The van der Waals surface area contributed by atoms with Crippen molar-refractivity contribution in [3.05, 3.63) is 0 Å². The largest absolute Gasteiger partial charge is 0.381 e. The maximum atomic E-state index is 8.62. The molecule has 0 saturated carbocycles. The maximum absolute atomic E-state index is 8.62. The highest BCUT2D eigenvalue weighted by Crippen LogP contribution is 1.95. The Morgan fingerprint density at radius 3 is 2.09 bits per heavy atom. The molecular weight excluding hydrogens is 144 g/mol. The number of hydrogen-bond donors (Lipinski definition) is 3. The van der Waals surface area contributed by atoms with Gasteiger partial charge >= 0.3 is 0 Å². The Hall–Kier alpha value is -0.160. The number of unbranched alkanes of at least 4 members (excludes halogenated alkanes) is 2. The van der Waals surface area contributed by atoms with Crippen molar-refractivity contribution < 1.29 is 10.2 Å². The van der Waals surface area contributed by atoms with E-state index in [-0.39, 0.29) is 13.5 Å². The fourth-order valence-electron chi connectivity index (χ4n) is 0.843. The van der Waals surface area contributed by atoms with Gasteiger partial charge in [0.2, 0.25) is 0 Å². The second-order valence-corrected chi connectivity index (χ2v) is 2.53. The summed E-state index contributed by atoms with van der Waals surface area (Å²) in [5.74, 6) is 0. The Morgan fingerprint density at radius 1 is 1.00 bits per heavy atom. The molecule has 0 aromatic heterocycles. The van der Waals surface area contributed by atoms with Crippen LogP contribution in [-0.4, -0.2) is 41.7 Å². The highest BCUT2D eigenvalue weighted by molar-refractivity contribution is 4.48. The van der Waals surface area contributed by atoms with Crippen molar-refractivity contribution in [2.45, 2.75) is 19.3 Å². The molecule has 0 aliphatic carbocycles. The second kappa shape index (κ2) is 7.94. The van der Waals surface area contributed by atoms with Crippen LogP contribution >= 0.6 is 0 Å². The minimum atomic E-state index is -0.0703. The molecule has 0 aliphatic heterocycles. The summed E-state index contributed by atoms with van der Waals surface area (Å²) in [5.41, 5.74) is 5.30. The van der Waals surface area contributed by atoms with Gasteiger partial charge in [-0.1, -0.05) is 6.42 Å². The Kier molecular flexibility index (Phi) is 7.83. The van der Waals surface area contributed by atoms with Gasteiger partial charge in [0.25, 0.3) is 0 Å². The van der Waals surface area contributed by atoms with Gasteiger partial charge in [0.05, 0.1) is 13.5 Å². The maximum Gasteiger partial charge on any atom is 0.0974 e. The summed E-state index contributed by atoms with van der Waals surface area (Å²) in [6.07, 6.45) is 3.07. The van der Waals surface area contributed by atoms with Crippen molar-refractivity contribution in [3.8, 4) is 0 Å². The number of aliphatic hydroxyl groups is 2. The molecule has 0 heterocycles. The van der Waals surface area contributed by atoms with Crippen molar-refractivity contribution in [3.63, 3.8) is 0 Å².